The summed E-state index contributed by atoms with van der Waals surface area (Å²) >= 11 is 0.725. The second-order valence-corrected chi connectivity index (χ2v) is 11.5. The number of hydrogen-bond donors (Lipinski definition) is 0. The maximum absolute atomic E-state index is 12.7. The van der Waals surface area contributed by atoms with E-state index >= 15 is 0 Å². The molecule has 0 amide bonds. The van der Waals surface area contributed by atoms with E-state index in [0.29, 0.717) is 27.1 Å². The van der Waals surface area contributed by atoms with E-state index in [2.05, 4.69) is 0 Å². The summed E-state index contributed by atoms with van der Waals surface area (Å²) in [5, 5.41) is 0.0336. The summed E-state index contributed by atoms with van der Waals surface area (Å²) < 4.78 is 60.3. The molecule has 3 rings (SSSR count). The van der Waals surface area contributed by atoms with Gasteiger partial charge in [-0.3, -0.25) is 4.79 Å². The quantitative estimate of drug-likeness (QED) is 0.527. The molecule has 0 fully saturated rings. The van der Waals surface area contributed by atoms with Gasteiger partial charge in [0.25, 0.3) is 4.74 Å². The summed E-state index contributed by atoms with van der Waals surface area (Å²) in [5.74, 6) is 0.996. The van der Waals surface area contributed by atoms with Crippen LogP contribution >= 0.6 is 11.3 Å². The van der Waals surface area contributed by atoms with E-state index in [0.717, 1.165) is 16.7 Å². The van der Waals surface area contributed by atoms with Crippen molar-refractivity contribution in [1.29, 1.82) is 0 Å². The van der Waals surface area contributed by atoms with E-state index in [1.807, 2.05) is 0 Å². The monoisotopic (exact) mass is 466 g/mol. The smallest absolute Gasteiger partial charge is 0.251 e. The summed E-state index contributed by atoms with van der Waals surface area (Å²) in [6.07, 6.45) is 1.29. The predicted molar refractivity (Wildman–Crippen MR) is 118 cm³/mol. The molecule has 0 radical (unpaired) electrons. The predicted octanol–water partition coefficient (Wildman–Crippen LogP) is 3.10. The van der Waals surface area contributed by atoms with Crippen molar-refractivity contribution in [2.24, 2.45) is 0 Å². The van der Waals surface area contributed by atoms with Gasteiger partial charge in [0, 0.05) is 15.5 Å². The van der Waals surface area contributed by atoms with Gasteiger partial charge in [0.1, 0.15) is 16.4 Å². The van der Waals surface area contributed by atoms with Gasteiger partial charge in [-0.15, -0.1) is 0 Å². The molecule has 1 heterocycles. The third-order valence-corrected chi connectivity index (χ3v) is 9.35. The molecule has 0 bridgehead atoms. The van der Waals surface area contributed by atoms with E-state index in [1.165, 1.54) is 26.4 Å². The number of methoxy groups -OCH3 is 2. The van der Waals surface area contributed by atoms with Gasteiger partial charge in [-0.05, 0) is 42.0 Å². The maximum Gasteiger partial charge on any atom is 0.251 e. The molecule has 0 N–H and O–H groups in total. The third kappa shape index (κ3) is 4.89. The lowest BCUT2D eigenvalue weighted by Gasteiger charge is -2.07. The van der Waals surface area contributed by atoms with Crippen LogP contribution in [0, 0.1) is 0 Å². The first-order chi connectivity index (χ1) is 14.1. The Balaban J connectivity index is 1.94. The van der Waals surface area contributed by atoms with Crippen LogP contribution in [-0.4, -0.2) is 36.1 Å². The molecule has 0 aliphatic rings. The van der Waals surface area contributed by atoms with Crippen LogP contribution in [0.5, 0.6) is 11.5 Å². The molecule has 3 aromatic rings. The van der Waals surface area contributed by atoms with Gasteiger partial charge in [0.2, 0.25) is 0 Å². The maximum atomic E-state index is 12.7. The first kappa shape index (κ1) is 22.0. The lowest BCUT2D eigenvalue weighted by molar-refractivity contribution is 0.415. The lowest BCUT2D eigenvalue weighted by Crippen LogP contribution is -2.20. The lowest BCUT2D eigenvalue weighted by atomic mass is 10.2. The van der Waals surface area contributed by atoms with Crippen LogP contribution < -0.4 is 14.2 Å². The van der Waals surface area contributed by atoms with Gasteiger partial charge in [-0.2, -0.15) is 0 Å². The minimum absolute atomic E-state index is 0.391. The molecule has 158 valence electrons. The number of ether oxygens (including phenoxy) is 2. The highest BCUT2D eigenvalue weighted by atomic mass is 32.3. The Hall–Kier alpha value is -2.69. The topological polar surface area (TPSA) is 104 Å². The van der Waals surface area contributed by atoms with Crippen LogP contribution in [0.2, 0.25) is 0 Å². The zero-order valence-corrected chi connectivity index (χ0v) is 18.5. The van der Waals surface area contributed by atoms with Gasteiger partial charge in [0.15, 0.2) is 24.8 Å². The molecule has 2 aromatic carbocycles. The molecule has 30 heavy (non-hydrogen) atoms. The Morgan fingerprint density at radius 1 is 0.967 bits per heavy atom. The fourth-order valence-electron chi connectivity index (χ4n) is 2.71. The van der Waals surface area contributed by atoms with Crippen LogP contribution in [-0.2, 0) is 19.7 Å². The zero-order valence-electron chi connectivity index (χ0n) is 16.1. The zero-order chi connectivity index (χ0) is 21.9. The number of fused-ring (bicyclic) bond motifs is 1. The third-order valence-electron chi connectivity index (χ3n) is 4.16. The average Bonchev–Trinajstić information content (AvgIpc) is 2.70. The summed E-state index contributed by atoms with van der Waals surface area (Å²) in [7, 11) is -5.62. The molecular weight excluding hydrogens is 448 g/mol. The van der Waals surface area contributed by atoms with Gasteiger partial charge in [-0.25, -0.2) is 16.8 Å². The first-order valence-electron chi connectivity index (χ1n) is 8.54. The minimum atomic E-state index is -4.40. The van der Waals surface area contributed by atoms with E-state index in [1.54, 1.807) is 42.5 Å². The molecule has 0 unspecified atom stereocenters. The highest BCUT2D eigenvalue weighted by Crippen LogP contribution is 2.29. The summed E-state index contributed by atoms with van der Waals surface area (Å²) in [4.78, 5) is 11.8. The summed E-state index contributed by atoms with van der Waals surface area (Å²) in [6, 6.07) is 12.7. The molecule has 0 aliphatic heterocycles. The van der Waals surface area contributed by atoms with Crippen LogP contribution in [0.15, 0.2) is 63.6 Å². The van der Waals surface area contributed by atoms with E-state index < -0.39 is 34.4 Å². The standard InChI is InChI=1S/C20H18O7S3/c1-26-15-8-6-14(7-9-15)10-11-29(22,23)13-30(24,25)19-12-16-17(27-2)4-3-5-18(16)28-20(19)21/h3-12H,13H2,1-2H3. The Labute approximate surface area is 178 Å². The summed E-state index contributed by atoms with van der Waals surface area (Å²) in [5.41, 5.74) is 0.555. The Morgan fingerprint density at radius 2 is 1.67 bits per heavy atom. The second kappa shape index (κ2) is 8.58. The highest BCUT2D eigenvalue weighted by Gasteiger charge is 2.26. The molecule has 0 atom stereocenters. The van der Waals surface area contributed by atoms with Crippen molar-refractivity contribution in [2.45, 2.75) is 4.90 Å². The molecular formula is C20H18O7S3. The highest BCUT2D eigenvalue weighted by molar-refractivity contribution is 8.09. The van der Waals surface area contributed by atoms with Crippen molar-refractivity contribution >= 4 is 47.2 Å². The van der Waals surface area contributed by atoms with Gasteiger partial charge in [0.05, 0.1) is 14.2 Å². The Bertz CT molecular complexity index is 1370. The normalized spacial score (nSPS) is 12.3. The number of sulfone groups is 2. The van der Waals surface area contributed by atoms with E-state index in [4.69, 9.17) is 9.47 Å². The molecule has 0 spiro atoms. The van der Waals surface area contributed by atoms with Crippen molar-refractivity contribution in [2.75, 3.05) is 19.3 Å². The van der Waals surface area contributed by atoms with Crippen molar-refractivity contribution < 1.29 is 26.3 Å². The number of benzene rings is 2. The Kier molecular flexibility index (Phi) is 6.30. The van der Waals surface area contributed by atoms with E-state index in [9.17, 15) is 21.6 Å². The van der Waals surface area contributed by atoms with Crippen molar-refractivity contribution in [3.8, 4) is 11.5 Å². The van der Waals surface area contributed by atoms with Crippen LogP contribution in [0.25, 0.3) is 16.2 Å². The number of hydrogen-bond acceptors (Lipinski definition) is 8. The largest absolute Gasteiger partial charge is 0.497 e. The van der Waals surface area contributed by atoms with Gasteiger partial charge < -0.3 is 9.47 Å². The van der Waals surface area contributed by atoms with Crippen LogP contribution in [0.3, 0.4) is 0 Å². The number of rotatable bonds is 7. The summed E-state index contributed by atoms with van der Waals surface area (Å²) in [6.45, 7) is 0. The molecule has 1 aromatic heterocycles. The Morgan fingerprint density at radius 3 is 2.30 bits per heavy atom. The fourth-order valence-corrected chi connectivity index (χ4v) is 7.46. The SMILES string of the molecule is COc1ccc(C=CS(=O)(=O)CS(=O)(=O)c2cc3c(OC)cccc3sc2=O)cc1. The molecule has 0 saturated heterocycles. The molecule has 0 saturated carbocycles. The average molecular weight is 467 g/mol. The fraction of sp³-hybridized carbons (Fsp3) is 0.150. The molecule has 10 heteroatoms. The van der Waals surface area contributed by atoms with E-state index in [-0.39, 0.29) is 0 Å². The van der Waals surface area contributed by atoms with Gasteiger partial charge >= 0.3 is 0 Å². The van der Waals surface area contributed by atoms with Crippen molar-refractivity contribution in [3.05, 3.63) is 69.0 Å². The van der Waals surface area contributed by atoms with Gasteiger partial charge in [-0.1, -0.05) is 29.5 Å². The molecule has 0 aliphatic carbocycles. The van der Waals surface area contributed by atoms with Crippen molar-refractivity contribution in [3.63, 3.8) is 0 Å². The second-order valence-electron chi connectivity index (χ2n) is 6.24. The first-order valence-corrected chi connectivity index (χ1v) is 12.7. The minimum Gasteiger partial charge on any atom is -0.497 e. The molecule has 7 nitrogen and oxygen atoms in total. The van der Waals surface area contributed by atoms with Crippen LogP contribution in [0.1, 0.15) is 5.56 Å². The van der Waals surface area contributed by atoms with Crippen molar-refractivity contribution in [1.82, 2.24) is 0 Å². The van der Waals surface area contributed by atoms with Crippen LogP contribution in [0.4, 0.5) is 0 Å².